The van der Waals surface area contributed by atoms with Crippen molar-refractivity contribution < 1.29 is 4.79 Å². The highest BCUT2D eigenvalue weighted by Gasteiger charge is 2.26. The quantitative estimate of drug-likeness (QED) is 0.609. The highest BCUT2D eigenvalue weighted by molar-refractivity contribution is 7.14. The molecule has 0 fully saturated rings. The summed E-state index contributed by atoms with van der Waals surface area (Å²) in [5, 5.41) is 2.94. The van der Waals surface area contributed by atoms with Crippen LogP contribution in [0.3, 0.4) is 0 Å². The van der Waals surface area contributed by atoms with Crippen molar-refractivity contribution >= 4 is 23.3 Å². The van der Waals surface area contributed by atoms with Gasteiger partial charge in [0, 0.05) is 10.9 Å². The number of amides is 1. The van der Waals surface area contributed by atoms with Crippen LogP contribution in [0.2, 0.25) is 0 Å². The third-order valence-corrected chi connectivity index (χ3v) is 5.73. The standard InChI is InChI=1S/C22H31NOS/c1-15(2)23-21(24)20-12-10-18(25-20)14-16(3)9-11-19-17(4)8-7-13-22(19,5)6/h9-12,14-15H,7-8,13H2,1-6H3,(H,23,24). The molecule has 0 aromatic carbocycles. The molecule has 1 N–H and O–H groups in total. The maximum Gasteiger partial charge on any atom is 0.261 e. The van der Waals surface area contributed by atoms with E-state index in [9.17, 15) is 4.79 Å². The van der Waals surface area contributed by atoms with Gasteiger partial charge in [0.15, 0.2) is 0 Å². The summed E-state index contributed by atoms with van der Waals surface area (Å²) < 4.78 is 0. The maximum absolute atomic E-state index is 12.1. The van der Waals surface area contributed by atoms with Crippen molar-refractivity contribution in [3.8, 4) is 0 Å². The van der Waals surface area contributed by atoms with Crippen molar-refractivity contribution in [2.24, 2.45) is 5.41 Å². The Labute approximate surface area is 156 Å². The molecule has 0 spiro atoms. The number of nitrogens with one attached hydrogen (secondary N) is 1. The van der Waals surface area contributed by atoms with Crippen LogP contribution < -0.4 is 5.32 Å². The predicted octanol–water partition coefficient (Wildman–Crippen LogP) is 6.37. The van der Waals surface area contributed by atoms with Gasteiger partial charge in [-0.2, -0.15) is 0 Å². The molecule has 1 aliphatic carbocycles. The van der Waals surface area contributed by atoms with Crippen molar-refractivity contribution in [3.05, 3.63) is 50.8 Å². The number of hydrogen-bond donors (Lipinski definition) is 1. The van der Waals surface area contributed by atoms with Gasteiger partial charge in [-0.1, -0.05) is 31.6 Å². The highest BCUT2D eigenvalue weighted by atomic mass is 32.1. The molecule has 0 radical (unpaired) electrons. The van der Waals surface area contributed by atoms with E-state index < -0.39 is 0 Å². The van der Waals surface area contributed by atoms with Gasteiger partial charge in [0.2, 0.25) is 0 Å². The average Bonchev–Trinajstić information content (AvgIpc) is 2.94. The van der Waals surface area contributed by atoms with E-state index in [1.807, 2.05) is 26.0 Å². The predicted molar refractivity (Wildman–Crippen MR) is 110 cm³/mol. The Morgan fingerprint density at radius 1 is 1.32 bits per heavy atom. The molecule has 2 nitrogen and oxygen atoms in total. The van der Waals surface area contributed by atoms with E-state index in [2.05, 4.69) is 51.2 Å². The minimum atomic E-state index is 0.0116. The molecule has 0 saturated heterocycles. The van der Waals surface area contributed by atoms with Crippen molar-refractivity contribution in [1.29, 1.82) is 0 Å². The van der Waals surface area contributed by atoms with E-state index in [1.54, 1.807) is 0 Å². The second kappa shape index (κ2) is 8.18. The Kier molecular flexibility index (Phi) is 6.45. The Balaban J connectivity index is 2.12. The van der Waals surface area contributed by atoms with Gasteiger partial charge >= 0.3 is 0 Å². The fourth-order valence-corrected chi connectivity index (χ4v) is 4.31. The molecular weight excluding hydrogens is 326 g/mol. The number of allylic oxidation sites excluding steroid dienone is 5. The first-order valence-corrected chi connectivity index (χ1v) is 9.98. The lowest BCUT2D eigenvalue weighted by atomic mass is 9.72. The Morgan fingerprint density at radius 2 is 2.04 bits per heavy atom. The fourth-order valence-electron chi connectivity index (χ4n) is 3.38. The van der Waals surface area contributed by atoms with Crippen molar-refractivity contribution in [2.75, 3.05) is 0 Å². The molecule has 136 valence electrons. The van der Waals surface area contributed by atoms with Crippen LogP contribution in [0, 0.1) is 5.41 Å². The third kappa shape index (κ3) is 5.43. The Hall–Kier alpha value is -1.61. The molecule has 1 heterocycles. The van der Waals surface area contributed by atoms with Crippen LogP contribution in [-0.2, 0) is 0 Å². The normalized spacial score (nSPS) is 18.3. The zero-order valence-corrected chi connectivity index (χ0v) is 17.2. The molecule has 3 heteroatoms. The molecule has 1 aliphatic rings. The number of carbonyl (C=O) groups excluding carboxylic acids is 1. The van der Waals surface area contributed by atoms with Crippen molar-refractivity contribution in [3.63, 3.8) is 0 Å². The molecule has 0 unspecified atom stereocenters. The van der Waals surface area contributed by atoms with E-state index in [1.165, 1.54) is 47.3 Å². The summed E-state index contributed by atoms with van der Waals surface area (Å²) in [6.07, 6.45) is 10.4. The van der Waals surface area contributed by atoms with Gasteiger partial charge in [0.25, 0.3) is 5.91 Å². The third-order valence-electron chi connectivity index (χ3n) is 4.70. The fraction of sp³-hybridized carbons (Fsp3) is 0.500. The number of rotatable bonds is 5. The van der Waals surface area contributed by atoms with E-state index in [-0.39, 0.29) is 17.4 Å². The summed E-state index contributed by atoms with van der Waals surface area (Å²) in [7, 11) is 0. The molecule has 2 rings (SSSR count). The number of hydrogen-bond acceptors (Lipinski definition) is 2. The van der Waals surface area contributed by atoms with Crippen LogP contribution in [0.15, 0.2) is 41.0 Å². The molecule has 25 heavy (non-hydrogen) atoms. The van der Waals surface area contributed by atoms with Crippen LogP contribution in [-0.4, -0.2) is 11.9 Å². The first-order chi connectivity index (χ1) is 11.7. The molecule has 1 aromatic heterocycles. The largest absolute Gasteiger partial charge is 0.349 e. The smallest absolute Gasteiger partial charge is 0.261 e. The molecule has 0 atom stereocenters. The van der Waals surface area contributed by atoms with Crippen LogP contribution in [0.5, 0.6) is 0 Å². The first-order valence-electron chi connectivity index (χ1n) is 9.16. The van der Waals surface area contributed by atoms with Gasteiger partial charge in [-0.3, -0.25) is 4.79 Å². The first kappa shape index (κ1) is 19.7. The van der Waals surface area contributed by atoms with E-state index >= 15 is 0 Å². The summed E-state index contributed by atoms with van der Waals surface area (Å²) in [4.78, 5) is 13.9. The molecule has 0 aliphatic heterocycles. The SMILES string of the molecule is CC(C=CC1=C(C)CCCC1(C)C)=Cc1ccc(C(=O)NC(C)C)s1. The summed E-state index contributed by atoms with van der Waals surface area (Å²) in [6.45, 7) is 13.0. The molecule has 1 aromatic rings. The molecule has 1 amide bonds. The van der Waals surface area contributed by atoms with Crippen LogP contribution in [0.4, 0.5) is 0 Å². The Morgan fingerprint density at radius 3 is 2.68 bits per heavy atom. The summed E-state index contributed by atoms with van der Waals surface area (Å²) in [6, 6.07) is 4.09. The topological polar surface area (TPSA) is 29.1 Å². The minimum Gasteiger partial charge on any atom is -0.349 e. The van der Waals surface area contributed by atoms with Crippen LogP contribution in [0.1, 0.15) is 75.4 Å². The summed E-state index contributed by atoms with van der Waals surface area (Å²) in [5.41, 5.74) is 4.47. The minimum absolute atomic E-state index is 0.0116. The monoisotopic (exact) mass is 357 g/mol. The van der Waals surface area contributed by atoms with Crippen LogP contribution in [0.25, 0.3) is 6.08 Å². The zero-order chi connectivity index (χ0) is 18.6. The molecule has 0 bridgehead atoms. The van der Waals surface area contributed by atoms with Gasteiger partial charge in [-0.05, 0) is 81.7 Å². The lowest BCUT2D eigenvalue weighted by molar-refractivity contribution is 0.0947. The van der Waals surface area contributed by atoms with Gasteiger partial charge in [0.1, 0.15) is 0 Å². The Bertz CT molecular complexity index is 716. The van der Waals surface area contributed by atoms with Gasteiger partial charge in [0.05, 0.1) is 4.88 Å². The van der Waals surface area contributed by atoms with E-state index in [0.717, 1.165) is 9.75 Å². The van der Waals surface area contributed by atoms with Gasteiger partial charge in [-0.25, -0.2) is 0 Å². The number of thiophene rings is 1. The van der Waals surface area contributed by atoms with Crippen LogP contribution >= 0.6 is 11.3 Å². The number of carbonyl (C=O) groups is 1. The van der Waals surface area contributed by atoms with E-state index in [4.69, 9.17) is 0 Å². The second-order valence-electron chi connectivity index (χ2n) is 7.98. The summed E-state index contributed by atoms with van der Waals surface area (Å²) >= 11 is 1.54. The average molecular weight is 358 g/mol. The summed E-state index contributed by atoms with van der Waals surface area (Å²) in [5.74, 6) is 0.0116. The van der Waals surface area contributed by atoms with Crippen molar-refractivity contribution in [1.82, 2.24) is 5.32 Å². The maximum atomic E-state index is 12.1. The van der Waals surface area contributed by atoms with E-state index in [0.29, 0.717) is 0 Å². The second-order valence-corrected chi connectivity index (χ2v) is 9.10. The molecular formula is C22H31NOS. The zero-order valence-electron chi connectivity index (χ0n) is 16.4. The lowest BCUT2D eigenvalue weighted by Gasteiger charge is -2.32. The van der Waals surface area contributed by atoms with Crippen molar-refractivity contribution in [2.45, 2.75) is 66.8 Å². The highest BCUT2D eigenvalue weighted by Crippen LogP contribution is 2.40. The van der Waals surface area contributed by atoms with Gasteiger partial charge < -0.3 is 5.32 Å². The van der Waals surface area contributed by atoms with Gasteiger partial charge in [-0.15, -0.1) is 11.3 Å². The lowest BCUT2D eigenvalue weighted by Crippen LogP contribution is -2.29. The molecule has 0 saturated carbocycles.